The molecule has 1 atom stereocenters. The molecule has 0 aliphatic heterocycles. The molecule has 1 unspecified atom stereocenters. The van der Waals surface area contributed by atoms with Crippen LogP contribution in [0.3, 0.4) is 0 Å². The van der Waals surface area contributed by atoms with E-state index in [-0.39, 0.29) is 4.75 Å². The fraction of sp³-hybridized carbons (Fsp3) is 0.556. The highest BCUT2D eigenvalue weighted by Gasteiger charge is 2.22. The maximum atomic E-state index is 11.7. The van der Waals surface area contributed by atoms with E-state index in [4.69, 9.17) is 0 Å². The van der Waals surface area contributed by atoms with Gasteiger partial charge in [-0.1, -0.05) is 18.2 Å². The lowest BCUT2D eigenvalue weighted by molar-refractivity contribution is 0.653. The second-order valence-corrected chi connectivity index (χ2v) is 5.93. The highest BCUT2D eigenvalue weighted by molar-refractivity contribution is 7.90. The predicted molar refractivity (Wildman–Crippen MR) is 49.7 cm³/mol. The van der Waals surface area contributed by atoms with Gasteiger partial charge in [-0.15, -0.1) is 0 Å². The van der Waals surface area contributed by atoms with E-state index in [1.807, 2.05) is 39.0 Å². The summed E-state index contributed by atoms with van der Waals surface area (Å²) in [6, 6.07) is 0. The van der Waals surface area contributed by atoms with Crippen molar-refractivity contribution in [2.24, 2.45) is 0 Å². The Morgan fingerprint density at radius 2 is 2.09 bits per heavy atom. The van der Waals surface area contributed by atoms with Crippen molar-refractivity contribution in [2.75, 3.05) is 0 Å². The van der Waals surface area contributed by atoms with Gasteiger partial charge in [0.2, 0.25) is 0 Å². The Morgan fingerprint density at radius 1 is 1.45 bits per heavy atom. The van der Waals surface area contributed by atoms with E-state index in [0.717, 1.165) is 11.3 Å². The lowest BCUT2D eigenvalue weighted by Gasteiger charge is -2.18. The molecular formula is C9H14OS. The van der Waals surface area contributed by atoms with Gasteiger partial charge in [0.15, 0.2) is 0 Å². The van der Waals surface area contributed by atoms with Gasteiger partial charge < -0.3 is 0 Å². The molecule has 0 saturated heterocycles. The third-order valence-corrected chi connectivity index (χ3v) is 3.42. The van der Waals surface area contributed by atoms with E-state index >= 15 is 0 Å². The van der Waals surface area contributed by atoms with Crippen LogP contribution in [-0.2, 0) is 10.8 Å². The number of allylic oxidation sites excluding steroid dienone is 4. The van der Waals surface area contributed by atoms with E-state index in [2.05, 4.69) is 0 Å². The summed E-state index contributed by atoms with van der Waals surface area (Å²) >= 11 is 0. The number of rotatable bonds is 1. The fourth-order valence-electron chi connectivity index (χ4n) is 0.958. The standard InChI is InChI=1S/C9H14OS/c1-9(2,3)11(10)8-6-4-5-7-8/h4-6H,7H2,1-3H3. The normalized spacial score (nSPS) is 20.1. The summed E-state index contributed by atoms with van der Waals surface area (Å²) in [6.07, 6.45) is 6.84. The molecule has 1 rings (SSSR count). The minimum Gasteiger partial charge on any atom is -0.254 e. The number of hydrogen-bond donors (Lipinski definition) is 0. The topological polar surface area (TPSA) is 17.1 Å². The van der Waals surface area contributed by atoms with Crippen LogP contribution in [0.25, 0.3) is 0 Å². The van der Waals surface area contributed by atoms with Gasteiger partial charge in [-0.3, -0.25) is 4.21 Å². The third kappa shape index (κ3) is 2.03. The number of hydrogen-bond acceptors (Lipinski definition) is 1. The van der Waals surface area contributed by atoms with E-state index in [0.29, 0.717) is 0 Å². The molecule has 1 aliphatic rings. The average molecular weight is 170 g/mol. The lowest BCUT2D eigenvalue weighted by atomic mass is 10.3. The van der Waals surface area contributed by atoms with E-state index in [1.165, 1.54) is 0 Å². The smallest absolute Gasteiger partial charge is 0.0545 e. The molecule has 0 aromatic rings. The van der Waals surface area contributed by atoms with Crippen LogP contribution >= 0.6 is 0 Å². The lowest BCUT2D eigenvalue weighted by Crippen LogP contribution is -2.22. The molecule has 62 valence electrons. The summed E-state index contributed by atoms with van der Waals surface area (Å²) in [5.74, 6) is 0. The Labute approximate surface area is 70.6 Å². The van der Waals surface area contributed by atoms with Crippen LogP contribution in [-0.4, -0.2) is 8.96 Å². The van der Waals surface area contributed by atoms with Crippen molar-refractivity contribution in [1.82, 2.24) is 0 Å². The molecule has 0 N–H and O–H groups in total. The minimum atomic E-state index is -0.814. The molecule has 0 bridgehead atoms. The molecule has 0 spiro atoms. The summed E-state index contributed by atoms with van der Waals surface area (Å²) in [7, 11) is -0.814. The first-order chi connectivity index (χ1) is 5.02. The van der Waals surface area contributed by atoms with E-state index in [1.54, 1.807) is 0 Å². The molecule has 0 aromatic heterocycles. The minimum absolute atomic E-state index is 0.113. The van der Waals surface area contributed by atoms with Gasteiger partial charge in [-0.25, -0.2) is 0 Å². The first-order valence-electron chi connectivity index (χ1n) is 3.79. The zero-order valence-electron chi connectivity index (χ0n) is 7.26. The monoisotopic (exact) mass is 170 g/mol. The second-order valence-electron chi connectivity index (χ2n) is 3.65. The molecule has 1 nitrogen and oxygen atoms in total. The van der Waals surface area contributed by atoms with Crippen LogP contribution in [0.1, 0.15) is 27.2 Å². The Hall–Kier alpha value is -0.370. The van der Waals surface area contributed by atoms with E-state index in [9.17, 15) is 4.21 Å². The third-order valence-electron chi connectivity index (χ3n) is 1.53. The molecule has 0 saturated carbocycles. The molecule has 0 heterocycles. The fourth-order valence-corrected chi connectivity index (χ4v) is 2.19. The molecule has 0 radical (unpaired) electrons. The van der Waals surface area contributed by atoms with Crippen molar-refractivity contribution in [3.8, 4) is 0 Å². The van der Waals surface area contributed by atoms with Gasteiger partial charge in [0.05, 0.1) is 10.8 Å². The molecule has 0 fully saturated rings. The maximum Gasteiger partial charge on any atom is 0.0545 e. The Morgan fingerprint density at radius 3 is 2.45 bits per heavy atom. The van der Waals surface area contributed by atoms with Gasteiger partial charge in [0.25, 0.3) is 0 Å². The molecule has 0 amide bonds. The summed E-state index contributed by atoms with van der Waals surface area (Å²) in [5.41, 5.74) is 0. The molecule has 2 heteroatoms. The first-order valence-corrected chi connectivity index (χ1v) is 4.94. The van der Waals surface area contributed by atoms with Gasteiger partial charge in [-0.2, -0.15) is 0 Å². The van der Waals surface area contributed by atoms with Crippen LogP contribution in [0.15, 0.2) is 23.1 Å². The first kappa shape index (κ1) is 8.72. The van der Waals surface area contributed by atoms with Crippen LogP contribution in [0.5, 0.6) is 0 Å². The Bertz CT molecular complexity index is 230. The predicted octanol–water partition coefficient (Wildman–Crippen LogP) is 2.38. The van der Waals surface area contributed by atoms with Crippen molar-refractivity contribution in [3.63, 3.8) is 0 Å². The summed E-state index contributed by atoms with van der Waals surface area (Å²) in [5, 5.41) is 0. The second kappa shape index (κ2) is 2.94. The molecule has 0 aromatic carbocycles. The van der Waals surface area contributed by atoms with Crippen LogP contribution in [0.4, 0.5) is 0 Å². The van der Waals surface area contributed by atoms with Crippen molar-refractivity contribution in [3.05, 3.63) is 23.1 Å². The quantitative estimate of drug-likeness (QED) is 0.590. The summed E-state index contributed by atoms with van der Waals surface area (Å²) in [6.45, 7) is 6.01. The van der Waals surface area contributed by atoms with Gasteiger partial charge >= 0.3 is 0 Å². The maximum absolute atomic E-state index is 11.7. The van der Waals surface area contributed by atoms with Crippen LogP contribution < -0.4 is 0 Å². The SMILES string of the molecule is CC(C)(C)S(=O)C1=CC=CC1. The van der Waals surface area contributed by atoms with Crippen molar-refractivity contribution in [1.29, 1.82) is 0 Å². The highest BCUT2D eigenvalue weighted by Crippen LogP contribution is 2.24. The van der Waals surface area contributed by atoms with Gasteiger partial charge in [-0.05, 0) is 27.2 Å². The Kier molecular flexibility index (Phi) is 2.33. The van der Waals surface area contributed by atoms with Crippen molar-refractivity contribution in [2.45, 2.75) is 31.9 Å². The van der Waals surface area contributed by atoms with Crippen LogP contribution in [0.2, 0.25) is 0 Å². The van der Waals surface area contributed by atoms with E-state index < -0.39 is 10.8 Å². The summed E-state index contributed by atoms with van der Waals surface area (Å²) in [4.78, 5) is 1.05. The highest BCUT2D eigenvalue weighted by atomic mass is 32.2. The zero-order chi connectivity index (χ0) is 8.48. The van der Waals surface area contributed by atoms with Gasteiger partial charge in [0, 0.05) is 9.65 Å². The van der Waals surface area contributed by atoms with Crippen molar-refractivity contribution < 1.29 is 4.21 Å². The molecule has 11 heavy (non-hydrogen) atoms. The summed E-state index contributed by atoms with van der Waals surface area (Å²) < 4.78 is 11.6. The van der Waals surface area contributed by atoms with Crippen LogP contribution in [0, 0.1) is 0 Å². The largest absolute Gasteiger partial charge is 0.254 e. The van der Waals surface area contributed by atoms with Gasteiger partial charge in [0.1, 0.15) is 0 Å². The van der Waals surface area contributed by atoms with Crippen molar-refractivity contribution >= 4 is 10.8 Å². The average Bonchev–Trinajstić information content (AvgIpc) is 2.34. The Balaban J connectivity index is 2.71. The molecule has 1 aliphatic carbocycles. The zero-order valence-corrected chi connectivity index (χ0v) is 8.07. The molecular weight excluding hydrogens is 156 g/mol.